The second-order valence-corrected chi connectivity index (χ2v) is 8.11. The van der Waals surface area contributed by atoms with Gasteiger partial charge >= 0.3 is 6.18 Å². The number of carbonyl (C=O) groups is 1. The molecule has 2 unspecified atom stereocenters. The van der Waals surface area contributed by atoms with Crippen molar-refractivity contribution in [2.45, 2.75) is 51.1 Å². The first-order valence-corrected chi connectivity index (χ1v) is 9.16. The molecule has 2 aliphatic rings. The van der Waals surface area contributed by atoms with Crippen LogP contribution in [0.4, 0.5) is 22.0 Å². The number of aryl methyl sites for hydroxylation is 1. The zero-order valence-electron chi connectivity index (χ0n) is 16.2. The second-order valence-electron chi connectivity index (χ2n) is 8.11. The van der Waals surface area contributed by atoms with E-state index in [9.17, 15) is 26.7 Å². The molecule has 29 heavy (non-hydrogen) atoms. The quantitative estimate of drug-likeness (QED) is 0.689. The third kappa shape index (κ3) is 3.74. The van der Waals surface area contributed by atoms with Crippen LogP contribution < -0.4 is 5.73 Å². The third-order valence-electron chi connectivity index (χ3n) is 6.03. The van der Waals surface area contributed by atoms with Crippen LogP contribution in [0.2, 0.25) is 0 Å². The SMILES string of the molecule is CC1(C)C2CCC1c1cc(C(F)(F)F)ccc12.Cn1cc(C(N)=O)c(C(F)F)n1. The van der Waals surface area contributed by atoms with E-state index in [0.29, 0.717) is 11.8 Å². The van der Waals surface area contributed by atoms with Crippen molar-refractivity contribution in [1.29, 1.82) is 0 Å². The minimum absolute atomic E-state index is 0.132. The first-order chi connectivity index (χ1) is 13.3. The summed E-state index contributed by atoms with van der Waals surface area (Å²) in [5.74, 6) is -0.131. The summed E-state index contributed by atoms with van der Waals surface area (Å²) in [7, 11) is 1.44. The molecular formula is C20H22F5N3O. The molecular weight excluding hydrogens is 393 g/mol. The number of nitrogens with two attached hydrogens (primary N) is 1. The average molecular weight is 415 g/mol. The van der Waals surface area contributed by atoms with E-state index in [0.717, 1.165) is 28.7 Å². The van der Waals surface area contributed by atoms with Crippen molar-refractivity contribution in [3.63, 3.8) is 0 Å². The Bertz CT molecular complexity index is 933. The highest BCUT2D eigenvalue weighted by Crippen LogP contribution is 2.64. The Morgan fingerprint density at radius 2 is 1.79 bits per heavy atom. The molecule has 1 fully saturated rings. The number of hydrogen-bond acceptors (Lipinski definition) is 2. The lowest BCUT2D eigenvalue weighted by Gasteiger charge is -2.24. The normalized spacial score (nSPS) is 21.7. The summed E-state index contributed by atoms with van der Waals surface area (Å²) >= 11 is 0. The molecule has 4 nitrogen and oxygen atoms in total. The lowest BCUT2D eigenvalue weighted by Crippen LogP contribution is -2.14. The number of amides is 1. The molecule has 2 N–H and O–H groups in total. The lowest BCUT2D eigenvalue weighted by atomic mass is 9.80. The Labute approximate surface area is 164 Å². The maximum Gasteiger partial charge on any atom is 0.416 e. The van der Waals surface area contributed by atoms with Gasteiger partial charge in [0.15, 0.2) is 0 Å². The number of hydrogen-bond donors (Lipinski definition) is 1. The molecule has 2 aliphatic carbocycles. The fraction of sp³-hybridized carbons (Fsp3) is 0.500. The van der Waals surface area contributed by atoms with E-state index in [1.807, 2.05) is 0 Å². The van der Waals surface area contributed by atoms with Gasteiger partial charge in [-0.25, -0.2) is 8.78 Å². The van der Waals surface area contributed by atoms with Crippen LogP contribution in [-0.2, 0) is 13.2 Å². The van der Waals surface area contributed by atoms with Gasteiger partial charge in [-0.1, -0.05) is 19.9 Å². The van der Waals surface area contributed by atoms with Crippen LogP contribution in [0.15, 0.2) is 24.4 Å². The van der Waals surface area contributed by atoms with Crippen LogP contribution >= 0.6 is 0 Å². The van der Waals surface area contributed by atoms with E-state index in [-0.39, 0.29) is 11.0 Å². The summed E-state index contributed by atoms with van der Waals surface area (Å²) in [5.41, 5.74) is 5.77. The van der Waals surface area contributed by atoms with Crippen molar-refractivity contribution in [3.05, 3.63) is 52.3 Å². The standard InChI is InChI=1S/C14H15F3.C6H7F2N3O/c1-13(2)11-5-6-12(13)10-7-8(14(15,16)17)3-4-9(10)11;1-11-2-3(6(9)12)4(10-11)5(7)8/h3-4,7,11-12H,5-6H2,1-2H3;2,5H,1H3,(H2,9,12). The summed E-state index contributed by atoms with van der Waals surface area (Å²) in [6.07, 6.45) is -3.67. The Morgan fingerprint density at radius 1 is 1.21 bits per heavy atom. The minimum atomic E-state index is -4.22. The Morgan fingerprint density at radius 3 is 2.28 bits per heavy atom. The minimum Gasteiger partial charge on any atom is -0.365 e. The number of carbonyl (C=O) groups excluding carboxylic acids is 1. The Kier molecular flexibility index (Phi) is 5.21. The van der Waals surface area contributed by atoms with Gasteiger partial charge in [0.2, 0.25) is 0 Å². The van der Waals surface area contributed by atoms with Gasteiger partial charge in [-0.15, -0.1) is 0 Å². The number of benzene rings is 1. The van der Waals surface area contributed by atoms with Crippen molar-refractivity contribution < 1.29 is 26.7 Å². The topological polar surface area (TPSA) is 60.9 Å². The van der Waals surface area contributed by atoms with Gasteiger partial charge in [0.05, 0.1) is 11.1 Å². The molecule has 4 rings (SSSR count). The van der Waals surface area contributed by atoms with Gasteiger partial charge in [0, 0.05) is 13.2 Å². The molecule has 9 heteroatoms. The second kappa shape index (κ2) is 7.11. The maximum atomic E-state index is 12.7. The zero-order valence-corrected chi connectivity index (χ0v) is 16.2. The van der Waals surface area contributed by atoms with Gasteiger partial charge < -0.3 is 5.73 Å². The summed E-state index contributed by atoms with van der Waals surface area (Å²) in [5, 5.41) is 3.40. The van der Waals surface area contributed by atoms with Gasteiger partial charge in [-0.3, -0.25) is 9.48 Å². The van der Waals surface area contributed by atoms with Crippen molar-refractivity contribution in [2.75, 3.05) is 0 Å². The number of primary amides is 1. The molecule has 1 aromatic heterocycles. The summed E-state index contributed by atoms with van der Waals surface area (Å²) in [6.45, 7) is 4.37. The van der Waals surface area contributed by atoms with Crippen molar-refractivity contribution in [2.24, 2.45) is 18.2 Å². The number of aromatic nitrogens is 2. The van der Waals surface area contributed by atoms with Gasteiger partial charge in [0.25, 0.3) is 12.3 Å². The molecule has 2 bridgehead atoms. The molecule has 0 aliphatic heterocycles. The molecule has 0 saturated heterocycles. The van der Waals surface area contributed by atoms with Crippen LogP contribution in [0.1, 0.15) is 77.7 Å². The fourth-order valence-corrected chi connectivity index (χ4v) is 4.66. The van der Waals surface area contributed by atoms with Gasteiger partial charge in [-0.05, 0) is 53.4 Å². The Hall–Kier alpha value is -2.45. The van der Waals surface area contributed by atoms with E-state index in [4.69, 9.17) is 5.73 Å². The predicted molar refractivity (Wildman–Crippen MR) is 96.6 cm³/mol. The molecule has 1 aromatic carbocycles. The number of halogens is 5. The maximum absolute atomic E-state index is 12.7. The summed E-state index contributed by atoms with van der Waals surface area (Å²) < 4.78 is 63.4. The molecule has 158 valence electrons. The van der Waals surface area contributed by atoms with Gasteiger partial charge in [0.1, 0.15) is 5.69 Å². The molecule has 1 saturated carbocycles. The predicted octanol–water partition coefficient (Wildman–Crippen LogP) is 5.16. The fourth-order valence-electron chi connectivity index (χ4n) is 4.66. The van der Waals surface area contributed by atoms with E-state index in [1.165, 1.54) is 25.4 Å². The molecule has 1 amide bonds. The lowest BCUT2D eigenvalue weighted by molar-refractivity contribution is -0.137. The molecule has 2 aromatic rings. The highest BCUT2D eigenvalue weighted by Gasteiger charge is 2.51. The van der Waals surface area contributed by atoms with E-state index in [2.05, 4.69) is 18.9 Å². The molecule has 0 spiro atoms. The highest BCUT2D eigenvalue weighted by molar-refractivity contribution is 5.93. The summed E-state index contributed by atoms with van der Waals surface area (Å²) in [6, 6.07) is 4.31. The molecule has 0 radical (unpaired) electrons. The molecule has 2 atom stereocenters. The first kappa shape index (κ1) is 21.3. The summed E-state index contributed by atoms with van der Waals surface area (Å²) in [4.78, 5) is 10.6. The van der Waals surface area contributed by atoms with E-state index >= 15 is 0 Å². The number of nitrogens with zero attached hydrogens (tertiary/aromatic N) is 2. The van der Waals surface area contributed by atoms with Crippen molar-refractivity contribution >= 4 is 5.91 Å². The largest absolute Gasteiger partial charge is 0.416 e. The van der Waals surface area contributed by atoms with Crippen LogP contribution in [0.3, 0.4) is 0 Å². The smallest absolute Gasteiger partial charge is 0.365 e. The monoisotopic (exact) mass is 415 g/mol. The van der Waals surface area contributed by atoms with E-state index in [1.54, 1.807) is 6.07 Å². The third-order valence-corrected chi connectivity index (χ3v) is 6.03. The van der Waals surface area contributed by atoms with E-state index < -0.39 is 29.8 Å². The molecule has 1 heterocycles. The number of alkyl halides is 5. The van der Waals surface area contributed by atoms with Crippen molar-refractivity contribution in [1.82, 2.24) is 9.78 Å². The van der Waals surface area contributed by atoms with Crippen LogP contribution in [0.5, 0.6) is 0 Å². The van der Waals surface area contributed by atoms with Crippen LogP contribution in [0, 0.1) is 5.41 Å². The Balaban J connectivity index is 0.000000177. The van der Waals surface area contributed by atoms with Crippen LogP contribution in [-0.4, -0.2) is 15.7 Å². The number of fused-ring (bicyclic) bond motifs is 5. The highest BCUT2D eigenvalue weighted by atomic mass is 19.4. The average Bonchev–Trinajstić information content (AvgIpc) is 3.21. The zero-order chi connectivity index (χ0) is 21.7. The van der Waals surface area contributed by atoms with Gasteiger partial charge in [-0.2, -0.15) is 18.3 Å². The number of rotatable bonds is 2. The first-order valence-electron chi connectivity index (χ1n) is 9.16. The van der Waals surface area contributed by atoms with Crippen LogP contribution in [0.25, 0.3) is 0 Å². The van der Waals surface area contributed by atoms with Crippen molar-refractivity contribution in [3.8, 4) is 0 Å².